The van der Waals surface area contributed by atoms with E-state index in [9.17, 15) is 9.59 Å². The number of halogens is 1. The lowest BCUT2D eigenvalue weighted by molar-refractivity contribution is -0.131. The van der Waals surface area contributed by atoms with E-state index in [0.29, 0.717) is 26.6 Å². The van der Waals surface area contributed by atoms with Gasteiger partial charge in [0.15, 0.2) is 5.82 Å². The lowest BCUT2D eigenvalue weighted by Crippen LogP contribution is -2.23. The van der Waals surface area contributed by atoms with Gasteiger partial charge in [0.25, 0.3) is 5.56 Å². The number of nitrogens with zero attached hydrogens (tertiary/aromatic N) is 5. The number of hydrogen-bond donors (Lipinski definition) is 0. The number of carbonyl (C=O) groups excluding carboxylic acids is 1. The second kappa shape index (κ2) is 9.81. The largest absolute Gasteiger partial charge is 0.426 e. The molecule has 0 radical (unpaired) electrons. The smallest absolute Gasteiger partial charge is 0.308 e. The Bertz CT molecular complexity index is 1910. The average Bonchev–Trinajstić information content (AvgIpc) is 3.60. The highest BCUT2D eigenvalue weighted by Gasteiger charge is 2.17. The molecule has 3 aromatic heterocycles. The van der Waals surface area contributed by atoms with Gasteiger partial charge in [-0.1, -0.05) is 69.7 Å². The number of aromatic nitrogens is 5. The maximum Gasteiger partial charge on any atom is 0.308 e. The first kappa shape index (κ1) is 24.0. The number of fused-ring (bicyclic) bond motifs is 1. The van der Waals surface area contributed by atoms with Gasteiger partial charge in [-0.25, -0.2) is 4.68 Å². The first-order valence-electron chi connectivity index (χ1n) is 11.6. The van der Waals surface area contributed by atoms with Gasteiger partial charge in [0.2, 0.25) is 4.96 Å². The van der Waals surface area contributed by atoms with Crippen LogP contribution in [-0.4, -0.2) is 30.3 Å². The Morgan fingerprint density at radius 2 is 1.71 bits per heavy atom. The third kappa shape index (κ3) is 4.55. The first-order chi connectivity index (χ1) is 18.5. The Hall–Kier alpha value is -4.41. The van der Waals surface area contributed by atoms with E-state index in [4.69, 9.17) is 9.84 Å². The highest BCUT2D eigenvalue weighted by atomic mass is 79.9. The van der Waals surface area contributed by atoms with Gasteiger partial charge in [-0.3, -0.25) is 9.59 Å². The molecule has 0 amide bonds. The zero-order chi connectivity index (χ0) is 26.2. The fraction of sp³-hybridized carbons (Fsp3) is 0.0357. The molecular formula is C28H18BrN5O3S. The van der Waals surface area contributed by atoms with Crippen LogP contribution in [0.25, 0.3) is 39.4 Å². The van der Waals surface area contributed by atoms with Crippen LogP contribution in [0, 0.1) is 0 Å². The molecule has 0 bridgehead atoms. The summed E-state index contributed by atoms with van der Waals surface area (Å²) in [5.41, 5.74) is 3.61. The number of esters is 1. The van der Waals surface area contributed by atoms with Crippen molar-refractivity contribution in [2.75, 3.05) is 0 Å². The molecule has 0 aliphatic carbocycles. The van der Waals surface area contributed by atoms with Crippen LogP contribution in [0.5, 0.6) is 5.75 Å². The minimum atomic E-state index is -0.447. The molecule has 0 unspecified atom stereocenters. The van der Waals surface area contributed by atoms with Crippen molar-refractivity contribution in [3.63, 3.8) is 0 Å². The van der Waals surface area contributed by atoms with E-state index in [1.54, 1.807) is 28.9 Å². The minimum absolute atomic E-state index is 0.289. The van der Waals surface area contributed by atoms with Gasteiger partial charge in [-0.15, -0.1) is 5.10 Å². The summed E-state index contributed by atoms with van der Waals surface area (Å²) in [7, 11) is 0. The standard InChI is InChI=1S/C28H18BrN5O3S/c1-17(35)37-23-10-6-5-9-22(23)26-30-28-34(32-26)27(36)24(38-28)15-19-16-33(21-7-3-2-4-8-21)31-25(19)18-11-13-20(29)14-12-18/h2-16H,1H3. The van der Waals surface area contributed by atoms with Crippen LogP contribution in [0.15, 0.2) is 94.3 Å². The maximum atomic E-state index is 13.3. The Morgan fingerprint density at radius 3 is 2.45 bits per heavy atom. The van der Waals surface area contributed by atoms with Crippen molar-refractivity contribution >= 4 is 44.3 Å². The van der Waals surface area contributed by atoms with Crippen molar-refractivity contribution in [3.05, 3.63) is 110 Å². The number of hydrogen-bond acceptors (Lipinski definition) is 7. The van der Waals surface area contributed by atoms with Crippen molar-refractivity contribution in [2.24, 2.45) is 0 Å². The quantitative estimate of drug-likeness (QED) is 0.211. The monoisotopic (exact) mass is 583 g/mol. The van der Waals surface area contributed by atoms with Crippen LogP contribution in [0.2, 0.25) is 0 Å². The number of thiazole rings is 1. The summed E-state index contributed by atoms with van der Waals surface area (Å²) in [4.78, 5) is 29.8. The predicted molar refractivity (Wildman–Crippen MR) is 149 cm³/mol. The zero-order valence-electron chi connectivity index (χ0n) is 19.9. The summed E-state index contributed by atoms with van der Waals surface area (Å²) in [6.45, 7) is 1.33. The third-order valence-electron chi connectivity index (χ3n) is 5.73. The number of ether oxygens (including phenoxy) is 1. The summed E-state index contributed by atoms with van der Waals surface area (Å²) < 4.78 is 9.80. The Balaban J connectivity index is 1.46. The van der Waals surface area contributed by atoms with E-state index in [0.717, 1.165) is 27.0 Å². The summed E-state index contributed by atoms with van der Waals surface area (Å²) in [5.74, 6) is 0.201. The van der Waals surface area contributed by atoms with E-state index in [-0.39, 0.29) is 5.56 Å². The molecule has 8 nitrogen and oxygen atoms in total. The molecule has 38 heavy (non-hydrogen) atoms. The molecule has 0 atom stereocenters. The van der Waals surface area contributed by atoms with Crippen LogP contribution in [0.1, 0.15) is 12.5 Å². The van der Waals surface area contributed by atoms with Crippen molar-refractivity contribution in [2.45, 2.75) is 6.92 Å². The molecule has 3 heterocycles. The lowest BCUT2D eigenvalue weighted by atomic mass is 10.1. The number of benzene rings is 3. The molecule has 0 saturated heterocycles. The van der Waals surface area contributed by atoms with Gasteiger partial charge in [-0.2, -0.15) is 14.6 Å². The van der Waals surface area contributed by atoms with Gasteiger partial charge in [-0.05, 0) is 42.5 Å². The fourth-order valence-electron chi connectivity index (χ4n) is 4.02. The van der Waals surface area contributed by atoms with E-state index < -0.39 is 5.97 Å². The topological polar surface area (TPSA) is 91.4 Å². The molecule has 6 rings (SSSR count). The second-order valence-electron chi connectivity index (χ2n) is 8.36. The third-order valence-corrected chi connectivity index (χ3v) is 7.22. The number of rotatable bonds is 5. The van der Waals surface area contributed by atoms with Crippen molar-refractivity contribution in [1.82, 2.24) is 24.4 Å². The molecule has 0 aliphatic heterocycles. The van der Waals surface area contributed by atoms with Crippen LogP contribution < -0.4 is 14.8 Å². The molecule has 0 N–H and O–H groups in total. The molecule has 3 aromatic carbocycles. The van der Waals surface area contributed by atoms with Crippen molar-refractivity contribution in [3.8, 4) is 34.1 Å². The van der Waals surface area contributed by atoms with E-state index >= 15 is 0 Å². The minimum Gasteiger partial charge on any atom is -0.426 e. The molecule has 0 saturated carbocycles. The molecule has 6 aromatic rings. The highest BCUT2D eigenvalue weighted by Crippen LogP contribution is 2.28. The zero-order valence-corrected chi connectivity index (χ0v) is 22.3. The molecular weight excluding hydrogens is 566 g/mol. The summed E-state index contributed by atoms with van der Waals surface area (Å²) in [6.07, 6.45) is 3.72. The summed E-state index contributed by atoms with van der Waals surface area (Å²) >= 11 is 4.72. The molecule has 0 aliphatic rings. The first-order valence-corrected chi connectivity index (χ1v) is 13.2. The normalized spacial score (nSPS) is 11.8. The summed E-state index contributed by atoms with van der Waals surface area (Å²) in [6, 6.07) is 24.6. The van der Waals surface area contributed by atoms with Crippen molar-refractivity contribution in [1.29, 1.82) is 0 Å². The molecule has 10 heteroatoms. The van der Waals surface area contributed by atoms with Gasteiger partial charge >= 0.3 is 5.97 Å². The Kier molecular flexibility index (Phi) is 6.18. The van der Waals surface area contributed by atoms with Crippen LogP contribution in [-0.2, 0) is 4.79 Å². The van der Waals surface area contributed by atoms with Gasteiger partial charge < -0.3 is 4.74 Å². The Morgan fingerprint density at radius 1 is 0.974 bits per heavy atom. The molecule has 0 spiro atoms. The van der Waals surface area contributed by atoms with E-state index in [1.165, 1.54) is 22.8 Å². The van der Waals surface area contributed by atoms with Gasteiger partial charge in [0.1, 0.15) is 5.75 Å². The van der Waals surface area contributed by atoms with Crippen LogP contribution in [0.3, 0.4) is 0 Å². The lowest BCUT2D eigenvalue weighted by Gasteiger charge is -2.04. The maximum absolute atomic E-state index is 13.3. The van der Waals surface area contributed by atoms with Crippen molar-refractivity contribution < 1.29 is 9.53 Å². The molecule has 0 fully saturated rings. The van der Waals surface area contributed by atoms with Gasteiger partial charge in [0, 0.05) is 28.7 Å². The predicted octanol–water partition coefficient (Wildman–Crippen LogP) is 4.91. The SMILES string of the molecule is CC(=O)Oc1ccccc1-c1nc2sc(=Cc3cn(-c4ccccc4)nc3-c3ccc(Br)cc3)c(=O)n2n1. The number of carbonyl (C=O) groups is 1. The Labute approximate surface area is 228 Å². The average molecular weight is 584 g/mol. The number of para-hydroxylation sites is 2. The van der Waals surface area contributed by atoms with Gasteiger partial charge in [0.05, 0.1) is 21.5 Å². The van der Waals surface area contributed by atoms with Crippen LogP contribution in [0.4, 0.5) is 0 Å². The fourth-order valence-corrected chi connectivity index (χ4v) is 5.19. The van der Waals surface area contributed by atoms with E-state index in [2.05, 4.69) is 26.0 Å². The molecule has 186 valence electrons. The second-order valence-corrected chi connectivity index (χ2v) is 10.3. The summed E-state index contributed by atoms with van der Waals surface area (Å²) in [5, 5.41) is 9.25. The van der Waals surface area contributed by atoms with Crippen LogP contribution >= 0.6 is 27.3 Å². The highest BCUT2D eigenvalue weighted by molar-refractivity contribution is 9.10. The van der Waals surface area contributed by atoms with E-state index in [1.807, 2.05) is 66.9 Å².